The molecular formula is C11H9F3N2. The van der Waals surface area contributed by atoms with E-state index in [0.29, 0.717) is 18.7 Å². The summed E-state index contributed by atoms with van der Waals surface area (Å²) in [6, 6.07) is 2.26. The van der Waals surface area contributed by atoms with Crippen molar-refractivity contribution in [3.05, 3.63) is 41.5 Å². The molecule has 0 aliphatic rings. The molecule has 1 aromatic heterocycles. The maximum absolute atomic E-state index is 13.4. The largest absolute Gasteiger partial charge is 0.330 e. The second kappa shape index (κ2) is 4.09. The molecule has 0 saturated heterocycles. The first-order chi connectivity index (χ1) is 7.65. The van der Waals surface area contributed by atoms with Crippen molar-refractivity contribution in [1.29, 1.82) is 0 Å². The van der Waals surface area contributed by atoms with E-state index in [1.807, 2.05) is 0 Å². The van der Waals surface area contributed by atoms with Gasteiger partial charge in [-0.3, -0.25) is 4.98 Å². The molecule has 1 aromatic carbocycles. The summed E-state index contributed by atoms with van der Waals surface area (Å²) in [5, 5.41) is 0.293. The summed E-state index contributed by atoms with van der Waals surface area (Å²) in [6.07, 6.45) is 1.75. The summed E-state index contributed by atoms with van der Waals surface area (Å²) in [4.78, 5) is 3.97. The topological polar surface area (TPSA) is 38.9 Å². The van der Waals surface area contributed by atoms with Gasteiger partial charge in [0.2, 0.25) is 0 Å². The Morgan fingerprint density at radius 2 is 1.88 bits per heavy atom. The van der Waals surface area contributed by atoms with Gasteiger partial charge in [0, 0.05) is 29.1 Å². The summed E-state index contributed by atoms with van der Waals surface area (Å²) in [7, 11) is 0. The van der Waals surface area contributed by atoms with Crippen LogP contribution in [0, 0.1) is 17.5 Å². The third-order valence-corrected chi connectivity index (χ3v) is 2.36. The van der Waals surface area contributed by atoms with E-state index in [2.05, 4.69) is 4.98 Å². The molecule has 0 amide bonds. The highest BCUT2D eigenvalue weighted by Crippen LogP contribution is 2.24. The van der Waals surface area contributed by atoms with Crippen LogP contribution in [0.15, 0.2) is 18.3 Å². The molecule has 1 heterocycles. The zero-order chi connectivity index (χ0) is 11.7. The molecular weight excluding hydrogens is 217 g/mol. The Labute approximate surface area is 89.9 Å². The number of rotatable bonds is 2. The minimum Gasteiger partial charge on any atom is -0.330 e. The van der Waals surface area contributed by atoms with Crippen LogP contribution in [0.3, 0.4) is 0 Å². The van der Waals surface area contributed by atoms with Gasteiger partial charge < -0.3 is 5.73 Å². The summed E-state index contributed by atoms with van der Waals surface area (Å²) >= 11 is 0. The molecule has 0 aliphatic carbocycles. The van der Waals surface area contributed by atoms with Gasteiger partial charge in [0.15, 0.2) is 17.5 Å². The molecule has 0 bridgehead atoms. The Bertz CT molecular complexity index is 540. The normalized spacial score (nSPS) is 11.0. The number of hydrogen-bond donors (Lipinski definition) is 1. The number of pyridine rings is 1. The fourth-order valence-electron chi connectivity index (χ4n) is 1.62. The Hall–Kier alpha value is -1.62. The smallest absolute Gasteiger partial charge is 0.195 e. The van der Waals surface area contributed by atoms with Gasteiger partial charge in [0.1, 0.15) is 0 Å². The highest BCUT2D eigenvalue weighted by Gasteiger charge is 2.15. The second-order valence-corrected chi connectivity index (χ2v) is 3.38. The summed E-state index contributed by atoms with van der Waals surface area (Å²) in [5.41, 5.74) is 5.83. The van der Waals surface area contributed by atoms with Crippen LogP contribution in [0.25, 0.3) is 10.8 Å². The maximum atomic E-state index is 13.4. The van der Waals surface area contributed by atoms with Gasteiger partial charge in [-0.15, -0.1) is 0 Å². The van der Waals surface area contributed by atoms with Crippen molar-refractivity contribution in [2.75, 3.05) is 6.54 Å². The molecule has 2 N–H and O–H groups in total. The molecule has 5 heteroatoms. The number of benzene rings is 1. The lowest BCUT2D eigenvalue weighted by atomic mass is 10.1. The van der Waals surface area contributed by atoms with Crippen LogP contribution in [-0.4, -0.2) is 11.5 Å². The predicted molar refractivity (Wildman–Crippen MR) is 54.4 cm³/mol. The minimum atomic E-state index is -1.46. The van der Waals surface area contributed by atoms with Crippen LogP contribution >= 0.6 is 0 Å². The lowest BCUT2D eigenvalue weighted by molar-refractivity contribution is 0.453. The van der Waals surface area contributed by atoms with Crippen molar-refractivity contribution >= 4 is 10.8 Å². The lowest BCUT2D eigenvalue weighted by Gasteiger charge is -2.06. The SMILES string of the molecule is NCCc1nccc2c(F)c(F)c(F)cc12. The molecule has 2 aromatic rings. The number of hydrogen-bond acceptors (Lipinski definition) is 2. The van der Waals surface area contributed by atoms with E-state index in [-0.39, 0.29) is 10.8 Å². The molecule has 84 valence electrons. The van der Waals surface area contributed by atoms with E-state index in [0.717, 1.165) is 6.07 Å². The van der Waals surface area contributed by atoms with Crippen LogP contribution in [0.5, 0.6) is 0 Å². The molecule has 2 rings (SSSR count). The van der Waals surface area contributed by atoms with E-state index in [1.165, 1.54) is 12.3 Å². The van der Waals surface area contributed by atoms with E-state index in [1.54, 1.807) is 0 Å². The molecule has 0 fully saturated rings. The first kappa shape index (κ1) is 10.9. The maximum Gasteiger partial charge on any atom is 0.195 e. The van der Waals surface area contributed by atoms with Gasteiger partial charge in [-0.05, 0) is 18.7 Å². The zero-order valence-corrected chi connectivity index (χ0v) is 8.30. The van der Waals surface area contributed by atoms with E-state index >= 15 is 0 Å². The van der Waals surface area contributed by atoms with Crippen molar-refractivity contribution in [3.63, 3.8) is 0 Å². The lowest BCUT2D eigenvalue weighted by Crippen LogP contribution is -2.05. The summed E-state index contributed by atoms with van der Waals surface area (Å²) in [6.45, 7) is 0.312. The molecule has 2 nitrogen and oxygen atoms in total. The van der Waals surface area contributed by atoms with Crippen molar-refractivity contribution in [1.82, 2.24) is 4.98 Å². The summed E-state index contributed by atoms with van der Waals surface area (Å²) in [5.74, 6) is -3.86. The highest BCUT2D eigenvalue weighted by atomic mass is 19.2. The fraction of sp³-hybridized carbons (Fsp3) is 0.182. The van der Waals surface area contributed by atoms with E-state index < -0.39 is 17.5 Å². The number of fused-ring (bicyclic) bond motifs is 1. The Morgan fingerprint density at radius 1 is 1.12 bits per heavy atom. The van der Waals surface area contributed by atoms with Crippen LogP contribution < -0.4 is 5.73 Å². The molecule has 0 radical (unpaired) electrons. The van der Waals surface area contributed by atoms with Gasteiger partial charge in [-0.2, -0.15) is 0 Å². The second-order valence-electron chi connectivity index (χ2n) is 3.38. The quantitative estimate of drug-likeness (QED) is 0.797. The van der Waals surface area contributed by atoms with E-state index in [4.69, 9.17) is 5.73 Å². The molecule has 0 unspecified atom stereocenters. The minimum absolute atomic E-state index is 0.0253. The third kappa shape index (κ3) is 1.63. The van der Waals surface area contributed by atoms with Crippen LogP contribution in [0.4, 0.5) is 13.2 Å². The van der Waals surface area contributed by atoms with Crippen molar-refractivity contribution < 1.29 is 13.2 Å². The highest BCUT2D eigenvalue weighted by molar-refractivity contribution is 5.85. The van der Waals surface area contributed by atoms with E-state index in [9.17, 15) is 13.2 Å². The first-order valence-electron chi connectivity index (χ1n) is 4.76. The molecule has 0 aliphatic heterocycles. The predicted octanol–water partition coefficient (Wildman–Crippen LogP) is 2.15. The summed E-state index contributed by atoms with van der Waals surface area (Å²) < 4.78 is 39.4. The van der Waals surface area contributed by atoms with Gasteiger partial charge in [-0.1, -0.05) is 0 Å². The zero-order valence-electron chi connectivity index (χ0n) is 8.30. The van der Waals surface area contributed by atoms with Gasteiger partial charge in [0.25, 0.3) is 0 Å². The van der Waals surface area contributed by atoms with Crippen LogP contribution in [0.1, 0.15) is 5.69 Å². The van der Waals surface area contributed by atoms with Gasteiger partial charge in [-0.25, -0.2) is 13.2 Å². The Kier molecular flexibility index (Phi) is 2.78. The number of halogens is 3. The Morgan fingerprint density at radius 3 is 2.56 bits per heavy atom. The monoisotopic (exact) mass is 226 g/mol. The Balaban J connectivity index is 2.78. The van der Waals surface area contributed by atoms with Crippen molar-refractivity contribution in [2.45, 2.75) is 6.42 Å². The molecule has 0 saturated carbocycles. The third-order valence-electron chi connectivity index (χ3n) is 2.36. The standard InChI is InChI=1S/C11H9F3N2/c12-8-5-7-6(10(13)11(8)14)2-4-16-9(7)1-3-15/h2,4-5H,1,3,15H2. The molecule has 0 spiro atoms. The van der Waals surface area contributed by atoms with Crippen LogP contribution in [-0.2, 0) is 6.42 Å². The van der Waals surface area contributed by atoms with Gasteiger partial charge in [0.05, 0.1) is 0 Å². The first-order valence-corrected chi connectivity index (χ1v) is 4.76. The van der Waals surface area contributed by atoms with Crippen molar-refractivity contribution in [3.8, 4) is 0 Å². The average molecular weight is 226 g/mol. The molecule has 0 atom stereocenters. The number of aromatic nitrogens is 1. The van der Waals surface area contributed by atoms with Crippen molar-refractivity contribution in [2.24, 2.45) is 5.73 Å². The average Bonchev–Trinajstić information content (AvgIpc) is 2.28. The molecule has 16 heavy (non-hydrogen) atoms. The number of nitrogens with two attached hydrogens (primary N) is 1. The number of nitrogens with zero attached hydrogens (tertiary/aromatic N) is 1. The van der Waals surface area contributed by atoms with Gasteiger partial charge >= 0.3 is 0 Å². The fourth-order valence-corrected chi connectivity index (χ4v) is 1.62. The van der Waals surface area contributed by atoms with Crippen LogP contribution in [0.2, 0.25) is 0 Å².